The first kappa shape index (κ1) is 19.7. The maximum Gasteiger partial charge on any atom is 0.235 e. The van der Waals surface area contributed by atoms with E-state index in [0.29, 0.717) is 16.8 Å². The molecule has 0 radical (unpaired) electrons. The Morgan fingerprint density at radius 2 is 2.09 bits per heavy atom. The van der Waals surface area contributed by atoms with E-state index in [2.05, 4.69) is 33.9 Å². The molecule has 0 unspecified atom stereocenters. The Balaban J connectivity index is 1.34. The topological polar surface area (TPSA) is 85.2 Å². The Hall–Kier alpha value is -3.00. The maximum atomic E-state index is 6.20. The van der Waals surface area contributed by atoms with Crippen LogP contribution in [-0.4, -0.2) is 42.6 Å². The average Bonchev–Trinajstić information content (AvgIpc) is 3.54. The van der Waals surface area contributed by atoms with Gasteiger partial charge >= 0.3 is 0 Å². The van der Waals surface area contributed by atoms with Crippen LogP contribution in [0, 0.1) is 5.92 Å². The third-order valence-electron chi connectivity index (χ3n) is 6.92. The number of anilines is 1. The fourth-order valence-electron chi connectivity index (χ4n) is 5.25. The largest absolute Gasteiger partial charge is 0.355 e. The molecule has 8 nitrogen and oxygen atoms in total. The van der Waals surface area contributed by atoms with Gasteiger partial charge in [-0.15, -0.1) is 0 Å². The van der Waals surface area contributed by atoms with Gasteiger partial charge in [0.25, 0.3) is 0 Å². The summed E-state index contributed by atoms with van der Waals surface area (Å²) >= 11 is 6.20. The fraction of sp³-hybridized carbons (Fsp3) is 0.435. The number of rotatable bonds is 4. The average molecular weight is 450 g/mol. The second kappa shape index (κ2) is 7.27. The molecule has 4 aromatic heterocycles. The second-order valence-electron chi connectivity index (χ2n) is 9.20. The molecule has 0 N–H and O–H groups in total. The van der Waals surface area contributed by atoms with E-state index in [1.54, 1.807) is 6.20 Å². The molecule has 0 bridgehead atoms. The van der Waals surface area contributed by atoms with Crippen LogP contribution in [0.4, 0.5) is 5.82 Å². The first-order valence-corrected chi connectivity index (χ1v) is 11.5. The Bertz CT molecular complexity index is 1300. The molecule has 1 saturated heterocycles. The van der Waals surface area contributed by atoms with Gasteiger partial charge in [-0.3, -0.25) is 4.40 Å². The monoisotopic (exact) mass is 449 g/mol. The van der Waals surface area contributed by atoms with Crippen LogP contribution in [0.5, 0.6) is 0 Å². The van der Waals surface area contributed by atoms with Crippen molar-refractivity contribution < 1.29 is 4.52 Å². The molecule has 2 atom stereocenters. The van der Waals surface area contributed by atoms with Crippen LogP contribution >= 0.6 is 11.6 Å². The van der Waals surface area contributed by atoms with Gasteiger partial charge in [-0.2, -0.15) is 4.98 Å². The van der Waals surface area contributed by atoms with Gasteiger partial charge in [-0.05, 0) is 37.0 Å². The number of halogens is 1. The highest BCUT2D eigenvalue weighted by molar-refractivity contribution is 6.30. The summed E-state index contributed by atoms with van der Waals surface area (Å²) in [4.78, 5) is 21.0. The molecule has 32 heavy (non-hydrogen) atoms. The predicted octanol–water partition coefficient (Wildman–Crippen LogP) is 4.51. The van der Waals surface area contributed by atoms with Crippen molar-refractivity contribution in [3.8, 4) is 11.5 Å². The van der Waals surface area contributed by atoms with E-state index in [0.717, 1.165) is 48.4 Å². The third kappa shape index (κ3) is 3.00. The van der Waals surface area contributed by atoms with Crippen molar-refractivity contribution in [3.05, 3.63) is 53.5 Å². The minimum atomic E-state index is -0.0952. The predicted molar refractivity (Wildman–Crippen MR) is 121 cm³/mol. The lowest BCUT2D eigenvalue weighted by Gasteiger charge is -2.24. The lowest BCUT2D eigenvalue weighted by atomic mass is 9.80. The summed E-state index contributed by atoms with van der Waals surface area (Å²) < 4.78 is 7.72. The summed E-state index contributed by atoms with van der Waals surface area (Å²) in [6.45, 7) is 5.94. The highest BCUT2D eigenvalue weighted by Crippen LogP contribution is 2.50. The Labute approximate surface area is 190 Å². The molecule has 0 aromatic carbocycles. The Morgan fingerprint density at radius 3 is 2.94 bits per heavy atom. The molecular weight excluding hydrogens is 426 g/mol. The van der Waals surface area contributed by atoms with Gasteiger partial charge in [-0.25, -0.2) is 15.0 Å². The van der Waals surface area contributed by atoms with Crippen LogP contribution in [0.3, 0.4) is 0 Å². The van der Waals surface area contributed by atoms with E-state index in [4.69, 9.17) is 26.1 Å². The minimum Gasteiger partial charge on any atom is -0.355 e. The zero-order valence-corrected chi connectivity index (χ0v) is 18.8. The van der Waals surface area contributed by atoms with E-state index < -0.39 is 0 Å². The normalized spacial score (nSPS) is 22.9. The van der Waals surface area contributed by atoms with Crippen LogP contribution < -0.4 is 4.90 Å². The van der Waals surface area contributed by atoms with Crippen molar-refractivity contribution in [2.75, 3.05) is 18.0 Å². The number of hydrogen-bond donors (Lipinski definition) is 0. The van der Waals surface area contributed by atoms with Gasteiger partial charge < -0.3 is 9.42 Å². The third-order valence-corrected chi connectivity index (χ3v) is 7.14. The van der Waals surface area contributed by atoms with Crippen LogP contribution in [-0.2, 0) is 5.41 Å². The van der Waals surface area contributed by atoms with Crippen LogP contribution in [0.2, 0.25) is 5.02 Å². The molecule has 1 aliphatic carbocycles. The molecule has 9 heteroatoms. The van der Waals surface area contributed by atoms with Crippen molar-refractivity contribution in [2.45, 2.75) is 44.4 Å². The van der Waals surface area contributed by atoms with Gasteiger partial charge in [0.2, 0.25) is 5.89 Å². The number of hydrogen-bond acceptors (Lipinski definition) is 7. The zero-order valence-electron chi connectivity index (χ0n) is 18.1. The van der Waals surface area contributed by atoms with Crippen molar-refractivity contribution in [2.24, 2.45) is 5.92 Å². The van der Waals surface area contributed by atoms with E-state index in [1.807, 2.05) is 35.0 Å². The van der Waals surface area contributed by atoms with Crippen LogP contribution in [0.15, 0.2) is 41.3 Å². The van der Waals surface area contributed by atoms with Crippen molar-refractivity contribution in [1.29, 1.82) is 0 Å². The smallest absolute Gasteiger partial charge is 0.235 e. The molecule has 164 valence electrons. The van der Waals surface area contributed by atoms with Gasteiger partial charge in [0.15, 0.2) is 11.6 Å². The number of pyridine rings is 1. The summed E-state index contributed by atoms with van der Waals surface area (Å²) in [5.74, 6) is 3.85. The number of aromatic nitrogens is 6. The fourth-order valence-corrected chi connectivity index (χ4v) is 5.41. The van der Waals surface area contributed by atoms with E-state index >= 15 is 0 Å². The Kier molecular flexibility index (Phi) is 4.47. The molecule has 2 fully saturated rings. The number of fused-ring (bicyclic) bond motifs is 2. The summed E-state index contributed by atoms with van der Waals surface area (Å²) in [7, 11) is 0. The SMILES string of the molecule is CC(C)c1noc([C@]23CCC[C@H]2CN(c2ccnc(-c4cnc5ccc(Cl)cn45)n2)C3)n1. The van der Waals surface area contributed by atoms with Crippen LogP contribution in [0.25, 0.3) is 17.2 Å². The molecule has 1 saturated carbocycles. The zero-order chi connectivity index (χ0) is 21.9. The highest BCUT2D eigenvalue weighted by atomic mass is 35.5. The van der Waals surface area contributed by atoms with E-state index in [1.165, 1.54) is 12.8 Å². The highest BCUT2D eigenvalue weighted by Gasteiger charge is 2.54. The van der Waals surface area contributed by atoms with Crippen LogP contribution in [0.1, 0.15) is 50.7 Å². The first-order valence-electron chi connectivity index (χ1n) is 11.1. The Morgan fingerprint density at radius 1 is 1.19 bits per heavy atom. The molecule has 2 aliphatic rings. The van der Waals surface area contributed by atoms with Gasteiger partial charge in [-0.1, -0.05) is 37.0 Å². The molecule has 6 rings (SSSR count). The van der Waals surface area contributed by atoms with Gasteiger partial charge in [0, 0.05) is 31.4 Å². The van der Waals surface area contributed by atoms with Gasteiger partial charge in [0.05, 0.1) is 16.6 Å². The molecular formula is C23H24ClN7O. The van der Waals surface area contributed by atoms with Crippen molar-refractivity contribution >= 4 is 23.1 Å². The molecule has 4 aromatic rings. The summed E-state index contributed by atoms with van der Waals surface area (Å²) in [6, 6.07) is 5.69. The lowest BCUT2D eigenvalue weighted by Crippen LogP contribution is -2.32. The minimum absolute atomic E-state index is 0.0952. The number of nitrogens with zero attached hydrogens (tertiary/aromatic N) is 7. The van der Waals surface area contributed by atoms with Crippen molar-refractivity contribution in [3.63, 3.8) is 0 Å². The van der Waals surface area contributed by atoms with Crippen molar-refractivity contribution in [1.82, 2.24) is 29.5 Å². The summed E-state index contributed by atoms with van der Waals surface area (Å²) in [5.41, 5.74) is 1.53. The molecule has 1 aliphatic heterocycles. The van der Waals surface area contributed by atoms with E-state index in [9.17, 15) is 0 Å². The maximum absolute atomic E-state index is 6.20. The molecule has 0 amide bonds. The summed E-state index contributed by atoms with van der Waals surface area (Å²) in [5, 5.41) is 4.89. The first-order chi connectivity index (χ1) is 15.5. The molecule has 5 heterocycles. The van der Waals surface area contributed by atoms with E-state index in [-0.39, 0.29) is 11.3 Å². The van der Waals surface area contributed by atoms with Gasteiger partial charge in [0.1, 0.15) is 17.2 Å². The lowest BCUT2D eigenvalue weighted by molar-refractivity contribution is 0.264. The molecule has 0 spiro atoms. The second-order valence-corrected chi connectivity index (χ2v) is 9.63. The standard InChI is InChI=1S/C23H24ClN7O/c1-14(2)20-28-22(32-29-20)23-8-3-4-15(23)11-30(13-23)19-7-9-25-21(27-19)17-10-26-18-6-5-16(24)12-31(17)18/h5-7,9-10,12,14-15H,3-4,8,11,13H2,1-2H3/t15-,23-/m0/s1. The summed E-state index contributed by atoms with van der Waals surface area (Å²) in [6.07, 6.45) is 8.86. The quantitative estimate of drug-likeness (QED) is 0.453. The number of imidazole rings is 1.